The Bertz CT molecular complexity index is 462. The van der Waals surface area contributed by atoms with Crippen LogP contribution in [0.1, 0.15) is 29.8 Å². The van der Waals surface area contributed by atoms with E-state index in [9.17, 15) is 14.7 Å². The average Bonchev–Trinajstić information content (AvgIpc) is 2.26. The van der Waals surface area contributed by atoms with Crippen LogP contribution < -0.4 is 0 Å². The fraction of sp³-hybridized carbons (Fsp3) is 0.385. The van der Waals surface area contributed by atoms with Crippen LogP contribution in [0.2, 0.25) is 0 Å². The molecule has 18 heavy (non-hydrogen) atoms. The summed E-state index contributed by atoms with van der Waals surface area (Å²) in [5.41, 5.74) is -0.0720. The largest absolute Gasteiger partial charge is 0.480 e. The third kappa shape index (κ3) is 3.56. The Morgan fingerprint density at radius 3 is 2.44 bits per heavy atom. The number of likely N-dealkylation sites (N-methyl/N-ethyl adjacent to an activating group) is 1. The number of carbonyl (C=O) groups is 2. The van der Waals surface area contributed by atoms with Gasteiger partial charge in [-0.25, -0.2) is 0 Å². The lowest BCUT2D eigenvalue weighted by atomic mass is 9.96. The summed E-state index contributed by atoms with van der Waals surface area (Å²) in [6, 6.07) is 6.54. The lowest BCUT2D eigenvalue weighted by molar-refractivity contribution is -0.137. The standard InChI is InChI=1S/C13H17NO4/c1-13(2,18)10-6-4-5-9(7-10)12(17)14(3)8-11(15)16/h4-7,18H,8H2,1-3H3,(H,15,16). The van der Waals surface area contributed by atoms with E-state index >= 15 is 0 Å². The van der Waals surface area contributed by atoms with Crippen molar-refractivity contribution in [2.75, 3.05) is 13.6 Å². The van der Waals surface area contributed by atoms with Crippen LogP contribution in [0.5, 0.6) is 0 Å². The second-order valence-electron chi connectivity index (χ2n) is 4.69. The lowest BCUT2D eigenvalue weighted by Gasteiger charge is -2.20. The van der Waals surface area contributed by atoms with Crippen molar-refractivity contribution in [2.45, 2.75) is 19.4 Å². The topological polar surface area (TPSA) is 77.8 Å². The molecule has 5 heteroatoms. The van der Waals surface area contributed by atoms with Gasteiger partial charge in [-0.2, -0.15) is 0 Å². The summed E-state index contributed by atoms with van der Waals surface area (Å²) in [6.45, 7) is 2.89. The van der Waals surface area contributed by atoms with E-state index in [-0.39, 0.29) is 12.5 Å². The molecule has 1 amide bonds. The summed E-state index contributed by atoms with van der Waals surface area (Å²) < 4.78 is 0. The Balaban J connectivity index is 2.97. The van der Waals surface area contributed by atoms with Crippen molar-refractivity contribution in [1.29, 1.82) is 0 Å². The number of aliphatic carboxylic acids is 1. The minimum Gasteiger partial charge on any atom is -0.480 e. The second kappa shape index (κ2) is 5.18. The molecule has 1 aromatic carbocycles. The normalized spacial score (nSPS) is 11.1. The highest BCUT2D eigenvalue weighted by molar-refractivity contribution is 5.95. The number of nitrogens with zero attached hydrogens (tertiary/aromatic N) is 1. The molecular weight excluding hydrogens is 234 g/mol. The molecular formula is C13H17NO4. The number of benzene rings is 1. The number of carboxylic acid groups (broad SMARTS) is 1. The Labute approximate surface area is 106 Å². The number of rotatable bonds is 4. The minimum absolute atomic E-state index is 0.356. The van der Waals surface area contributed by atoms with E-state index in [1.807, 2.05) is 0 Å². The van der Waals surface area contributed by atoms with Gasteiger partial charge in [-0.15, -0.1) is 0 Å². The number of carbonyl (C=O) groups excluding carboxylic acids is 1. The van der Waals surface area contributed by atoms with Crippen molar-refractivity contribution in [3.05, 3.63) is 35.4 Å². The summed E-state index contributed by atoms with van der Waals surface area (Å²) in [5, 5.41) is 18.5. The van der Waals surface area contributed by atoms with Gasteiger partial charge < -0.3 is 15.1 Å². The van der Waals surface area contributed by atoms with Gasteiger partial charge in [-0.3, -0.25) is 9.59 Å². The molecule has 0 fully saturated rings. The average molecular weight is 251 g/mol. The van der Waals surface area contributed by atoms with Gasteiger partial charge >= 0.3 is 5.97 Å². The van der Waals surface area contributed by atoms with Gasteiger partial charge in [-0.1, -0.05) is 12.1 Å². The molecule has 0 saturated heterocycles. The van der Waals surface area contributed by atoms with Gasteiger partial charge in [0.2, 0.25) is 0 Å². The van der Waals surface area contributed by atoms with Crippen molar-refractivity contribution in [3.63, 3.8) is 0 Å². The Hall–Kier alpha value is -1.88. The van der Waals surface area contributed by atoms with Crippen molar-refractivity contribution < 1.29 is 19.8 Å². The van der Waals surface area contributed by atoms with Crippen LogP contribution in [0.25, 0.3) is 0 Å². The maximum absolute atomic E-state index is 11.9. The van der Waals surface area contributed by atoms with Crippen molar-refractivity contribution >= 4 is 11.9 Å². The number of hydrogen-bond acceptors (Lipinski definition) is 3. The molecule has 2 N–H and O–H groups in total. The molecule has 0 aliphatic rings. The van der Waals surface area contributed by atoms with Crippen LogP contribution in [0.3, 0.4) is 0 Å². The molecule has 0 saturated carbocycles. The lowest BCUT2D eigenvalue weighted by Crippen LogP contribution is -2.32. The highest BCUT2D eigenvalue weighted by Gasteiger charge is 2.19. The van der Waals surface area contributed by atoms with Gasteiger partial charge in [0.1, 0.15) is 6.54 Å². The number of aliphatic hydroxyl groups is 1. The van der Waals surface area contributed by atoms with Crippen molar-refractivity contribution in [2.24, 2.45) is 0 Å². The van der Waals surface area contributed by atoms with E-state index < -0.39 is 11.6 Å². The van der Waals surface area contributed by atoms with E-state index in [2.05, 4.69) is 0 Å². The summed E-state index contributed by atoms with van der Waals surface area (Å²) >= 11 is 0. The van der Waals surface area contributed by atoms with Crippen LogP contribution in [0.4, 0.5) is 0 Å². The van der Waals surface area contributed by atoms with Crippen molar-refractivity contribution in [1.82, 2.24) is 4.90 Å². The SMILES string of the molecule is CN(CC(=O)O)C(=O)c1cccc(C(C)(C)O)c1. The summed E-state index contributed by atoms with van der Waals surface area (Å²) in [5.74, 6) is -1.45. The smallest absolute Gasteiger partial charge is 0.323 e. The summed E-state index contributed by atoms with van der Waals surface area (Å²) in [7, 11) is 1.42. The predicted molar refractivity (Wildman–Crippen MR) is 66.3 cm³/mol. The molecule has 0 aliphatic carbocycles. The van der Waals surface area contributed by atoms with E-state index in [4.69, 9.17) is 5.11 Å². The molecule has 1 rings (SSSR count). The minimum atomic E-state index is -1.07. The molecule has 5 nitrogen and oxygen atoms in total. The van der Waals surface area contributed by atoms with E-state index in [0.29, 0.717) is 11.1 Å². The Morgan fingerprint density at radius 1 is 1.33 bits per heavy atom. The fourth-order valence-corrected chi connectivity index (χ4v) is 1.53. The number of carboxylic acids is 1. The molecule has 98 valence electrons. The van der Waals surface area contributed by atoms with Crippen LogP contribution in [0, 0.1) is 0 Å². The molecule has 0 bridgehead atoms. The van der Waals surface area contributed by atoms with Gasteiger partial charge in [0.05, 0.1) is 5.60 Å². The van der Waals surface area contributed by atoms with Crippen LogP contribution in [0.15, 0.2) is 24.3 Å². The summed E-state index contributed by atoms with van der Waals surface area (Å²) in [4.78, 5) is 23.6. The highest BCUT2D eigenvalue weighted by Crippen LogP contribution is 2.20. The number of amides is 1. The number of hydrogen-bond donors (Lipinski definition) is 2. The first-order valence-electron chi connectivity index (χ1n) is 5.52. The van der Waals surface area contributed by atoms with Crippen LogP contribution in [-0.2, 0) is 10.4 Å². The van der Waals surface area contributed by atoms with Crippen molar-refractivity contribution in [3.8, 4) is 0 Å². The third-order valence-corrected chi connectivity index (χ3v) is 2.54. The first kappa shape index (κ1) is 14.2. The maximum Gasteiger partial charge on any atom is 0.323 e. The maximum atomic E-state index is 11.9. The molecule has 0 atom stereocenters. The fourth-order valence-electron chi connectivity index (χ4n) is 1.53. The van der Waals surface area contributed by atoms with Crippen LogP contribution >= 0.6 is 0 Å². The Kier molecular flexibility index (Phi) is 4.08. The summed E-state index contributed by atoms with van der Waals surface area (Å²) in [6.07, 6.45) is 0. The molecule has 1 aromatic rings. The quantitative estimate of drug-likeness (QED) is 0.839. The zero-order valence-corrected chi connectivity index (χ0v) is 10.7. The Morgan fingerprint density at radius 2 is 1.94 bits per heavy atom. The zero-order chi connectivity index (χ0) is 13.9. The van der Waals surface area contributed by atoms with Gasteiger partial charge in [-0.05, 0) is 31.5 Å². The van der Waals surface area contributed by atoms with E-state index in [1.54, 1.807) is 38.1 Å². The first-order chi connectivity index (χ1) is 8.21. The first-order valence-corrected chi connectivity index (χ1v) is 5.52. The highest BCUT2D eigenvalue weighted by atomic mass is 16.4. The molecule has 0 spiro atoms. The second-order valence-corrected chi connectivity index (χ2v) is 4.69. The molecule has 0 radical (unpaired) electrons. The van der Waals surface area contributed by atoms with E-state index in [1.165, 1.54) is 7.05 Å². The van der Waals surface area contributed by atoms with Gasteiger partial charge in [0, 0.05) is 12.6 Å². The third-order valence-electron chi connectivity index (χ3n) is 2.54. The van der Waals surface area contributed by atoms with Crippen LogP contribution in [-0.4, -0.2) is 40.6 Å². The molecule has 0 unspecified atom stereocenters. The van der Waals surface area contributed by atoms with E-state index in [0.717, 1.165) is 4.90 Å². The monoisotopic (exact) mass is 251 g/mol. The zero-order valence-electron chi connectivity index (χ0n) is 10.7. The van der Waals surface area contributed by atoms with Gasteiger partial charge in [0.15, 0.2) is 0 Å². The van der Waals surface area contributed by atoms with Gasteiger partial charge in [0.25, 0.3) is 5.91 Å². The molecule has 0 aromatic heterocycles. The molecule has 0 aliphatic heterocycles. The predicted octanol–water partition coefficient (Wildman–Crippen LogP) is 1.07. The molecule has 0 heterocycles.